The lowest BCUT2D eigenvalue weighted by Crippen LogP contribution is -2.42. The third-order valence-electron chi connectivity index (χ3n) is 4.44. The maximum atomic E-state index is 12.6. The van der Waals surface area contributed by atoms with Crippen LogP contribution in [0.2, 0.25) is 5.02 Å². The monoisotopic (exact) mass is 415 g/mol. The standard InChI is InChI=1S/C20H18ClN3O5/c1-22(11-13-3-5-14(21)6-4-13)17(25)12-23-18(26)19(27)24(20(23)28)15-7-9-16(29-2)10-8-15/h3-10H,11-12H2,1-2H3. The molecule has 0 N–H and O–H groups in total. The van der Waals surface area contributed by atoms with Crippen molar-refractivity contribution < 1.29 is 23.9 Å². The molecule has 29 heavy (non-hydrogen) atoms. The third-order valence-corrected chi connectivity index (χ3v) is 4.69. The predicted octanol–water partition coefficient (Wildman–Crippen LogP) is 2.30. The number of rotatable bonds is 6. The fourth-order valence-corrected chi connectivity index (χ4v) is 2.94. The van der Waals surface area contributed by atoms with E-state index in [1.165, 1.54) is 24.1 Å². The summed E-state index contributed by atoms with van der Waals surface area (Å²) in [7, 11) is 3.03. The number of carbonyl (C=O) groups is 4. The van der Waals surface area contributed by atoms with Crippen LogP contribution in [0.25, 0.3) is 0 Å². The van der Waals surface area contributed by atoms with Gasteiger partial charge in [0.05, 0.1) is 12.8 Å². The van der Waals surface area contributed by atoms with Gasteiger partial charge in [-0.05, 0) is 42.0 Å². The number of hydrogen-bond donors (Lipinski definition) is 0. The van der Waals surface area contributed by atoms with Gasteiger partial charge in [0.1, 0.15) is 12.3 Å². The molecule has 0 saturated carbocycles. The lowest BCUT2D eigenvalue weighted by Gasteiger charge is -2.20. The molecule has 0 bridgehead atoms. The predicted molar refractivity (Wildman–Crippen MR) is 106 cm³/mol. The van der Waals surface area contributed by atoms with Crippen LogP contribution in [-0.4, -0.2) is 54.3 Å². The number of methoxy groups -OCH3 is 1. The Labute approximate surface area is 172 Å². The highest BCUT2D eigenvalue weighted by molar-refractivity contribution is 6.53. The molecular weight excluding hydrogens is 398 g/mol. The molecule has 0 spiro atoms. The Morgan fingerprint density at radius 1 is 1.00 bits per heavy atom. The molecule has 2 aromatic carbocycles. The second-order valence-corrected chi connectivity index (χ2v) is 6.83. The lowest BCUT2D eigenvalue weighted by molar-refractivity contribution is -0.142. The van der Waals surface area contributed by atoms with Crippen molar-refractivity contribution in [2.45, 2.75) is 6.54 Å². The van der Waals surface area contributed by atoms with E-state index in [9.17, 15) is 19.2 Å². The van der Waals surface area contributed by atoms with Gasteiger partial charge in [0.2, 0.25) is 5.91 Å². The van der Waals surface area contributed by atoms with E-state index in [0.717, 1.165) is 10.5 Å². The minimum Gasteiger partial charge on any atom is -0.497 e. The zero-order valence-electron chi connectivity index (χ0n) is 15.8. The number of benzene rings is 2. The number of likely N-dealkylation sites (N-methyl/N-ethyl adjacent to an activating group) is 1. The van der Waals surface area contributed by atoms with Crippen molar-refractivity contribution in [1.82, 2.24) is 9.80 Å². The summed E-state index contributed by atoms with van der Waals surface area (Å²) in [5.74, 6) is -1.99. The number of halogens is 1. The van der Waals surface area contributed by atoms with Crippen LogP contribution in [0.3, 0.4) is 0 Å². The largest absolute Gasteiger partial charge is 0.497 e. The van der Waals surface area contributed by atoms with Crippen LogP contribution >= 0.6 is 11.6 Å². The van der Waals surface area contributed by atoms with E-state index in [1.54, 1.807) is 43.4 Å². The van der Waals surface area contributed by atoms with Gasteiger partial charge in [0.15, 0.2) is 0 Å². The molecule has 0 unspecified atom stereocenters. The van der Waals surface area contributed by atoms with E-state index < -0.39 is 30.3 Å². The Kier molecular flexibility index (Phi) is 5.84. The van der Waals surface area contributed by atoms with Gasteiger partial charge >= 0.3 is 17.8 Å². The van der Waals surface area contributed by atoms with Crippen LogP contribution in [0.15, 0.2) is 48.5 Å². The molecule has 0 aliphatic carbocycles. The summed E-state index contributed by atoms with van der Waals surface area (Å²) in [6.45, 7) is -0.261. The average Bonchev–Trinajstić information content (AvgIpc) is 2.93. The quantitative estimate of drug-likeness (QED) is 0.533. The molecule has 0 atom stereocenters. The molecule has 3 rings (SSSR count). The van der Waals surface area contributed by atoms with Crippen molar-refractivity contribution in [2.75, 3.05) is 25.6 Å². The van der Waals surface area contributed by atoms with Crippen molar-refractivity contribution in [3.63, 3.8) is 0 Å². The topological polar surface area (TPSA) is 87.2 Å². The molecule has 0 aromatic heterocycles. The van der Waals surface area contributed by atoms with Gasteiger partial charge in [-0.15, -0.1) is 0 Å². The molecule has 150 valence electrons. The minimum atomic E-state index is -1.04. The highest BCUT2D eigenvalue weighted by atomic mass is 35.5. The number of carbonyl (C=O) groups excluding carboxylic acids is 4. The fraction of sp³-hybridized carbons (Fsp3) is 0.200. The number of nitrogens with zero attached hydrogens (tertiary/aromatic N) is 3. The van der Waals surface area contributed by atoms with E-state index in [1.807, 2.05) is 0 Å². The fourth-order valence-electron chi connectivity index (χ4n) is 2.81. The van der Waals surface area contributed by atoms with E-state index in [4.69, 9.17) is 16.3 Å². The molecule has 1 aliphatic rings. The normalized spacial score (nSPS) is 13.8. The number of hydrogen-bond acceptors (Lipinski definition) is 5. The Morgan fingerprint density at radius 3 is 2.21 bits per heavy atom. The Morgan fingerprint density at radius 2 is 1.62 bits per heavy atom. The first kappa shape index (κ1) is 20.3. The Bertz CT molecular complexity index is 959. The first-order valence-electron chi connectivity index (χ1n) is 8.64. The second-order valence-electron chi connectivity index (χ2n) is 6.39. The summed E-state index contributed by atoms with van der Waals surface area (Å²) in [4.78, 5) is 52.5. The van der Waals surface area contributed by atoms with Gasteiger partial charge in [-0.2, -0.15) is 0 Å². The first-order valence-corrected chi connectivity index (χ1v) is 9.02. The van der Waals surface area contributed by atoms with Crippen molar-refractivity contribution in [3.05, 3.63) is 59.1 Å². The van der Waals surface area contributed by atoms with Crippen LogP contribution in [0.5, 0.6) is 5.75 Å². The first-order chi connectivity index (χ1) is 13.8. The summed E-state index contributed by atoms with van der Waals surface area (Å²) >= 11 is 5.85. The molecule has 8 nitrogen and oxygen atoms in total. The van der Waals surface area contributed by atoms with Crippen molar-refractivity contribution in [2.24, 2.45) is 0 Å². The van der Waals surface area contributed by atoms with Crippen molar-refractivity contribution in [1.29, 1.82) is 0 Å². The van der Waals surface area contributed by atoms with Gasteiger partial charge in [0.25, 0.3) is 0 Å². The third kappa shape index (κ3) is 4.22. The van der Waals surface area contributed by atoms with Gasteiger partial charge in [-0.3, -0.25) is 14.4 Å². The molecule has 5 amide bonds. The van der Waals surface area contributed by atoms with E-state index in [2.05, 4.69) is 0 Å². The molecule has 0 radical (unpaired) electrons. The van der Waals surface area contributed by atoms with E-state index >= 15 is 0 Å². The second kappa shape index (κ2) is 8.32. The molecule has 9 heteroatoms. The number of imide groups is 2. The van der Waals surface area contributed by atoms with Gasteiger partial charge in [-0.1, -0.05) is 23.7 Å². The summed E-state index contributed by atoms with van der Waals surface area (Å²) in [6, 6.07) is 12.2. The van der Waals surface area contributed by atoms with Crippen LogP contribution in [-0.2, 0) is 20.9 Å². The Balaban J connectivity index is 1.70. The van der Waals surface area contributed by atoms with Gasteiger partial charge < -0.3 is 9.64 Å². The lowest BCUT2D eigenvalue weighted by atomic mass is 10.2. The highest BCUT2D eigenvalue weighted by Gasteiger charge is 2.46. The molecular formula is C20H18ClN3O5. The smallest absolute Gasteiger partial charge is 0.339 e. The minimum absolute atomic E-state index is 0.221. The van der Waals surface area contributed by atoms with Crippen LogP contribution in [0.4, 0.5) is 10.5 Å². The molecule has 1 aliphatic heterocycles. The van der Waals surface area contributed by atoms with Gasteiger partial charge in [-0.25, -0.2) is 14.6 Å². The van der Waals surface area contributed by atoms with Crippen LogP contribution in [0, 0.1) is 0 Å². The van der Waals surface area contributed by atoms with E-state index in [-0.39, 0.29) is 12.2 Å². The summed E-state index contributed by atoms with van der Waals surface area (Å²) in [5, 5.41) is 0.577. The number of urea groups is 1. The highest BCUT2D eigenvalue weighted by Crippen LogP contribution is 2.24. The van der Waals surface area contributed by atoms with E-state index in [0.29, 0.717) is 15.7 Å². The molecule has 1 saturated heterocycles. The van der Waals surface area contributed by atoms with Crippen LogP contribution < -0.4 is 9.64 Å². The average molecular weight is 416 g/mol. The number of ether oxygens (including phenoxy) is 1. The molecule has 1 fully saturated rings. The van der Waals surface area contributed by atoms with Crippen LogP contribution in [0.1, 0.15) is 5.56 Å². The zero-order valence-corrected chi connectivity index (χ0v) is 16.5. The van der Waals surface area contributed by atoms with Gasteiger partial charge in [0, 0.05) is 18.6 Å². The SMILES string of the molecule is COc1ccc(N2C(=O)C(=O)N(CC(=O)N(C)Cc3ccc(Cl)cc3)C2=O)cc1. The molecule has 2 aromatic rings. The maximum absolute atomic E-state index is 12.6. The number of anilines is 1. The Hall–Kier alpha value is -3.39. The number of amides is 5. The summed E-state index contributed by atoms with van der Waals surface area (Å²) in [5.41, 5.74) is 1.05. The summed E-state index contributed by atoms with van der Waals surface area (Å²) < 4.78 is 5.04. The van der Waals surface area contributed by atoms with Crippen molar-refractivity contribution in [3.8, 4) is 5.75 Å². The zero-order chi connectivity index (χ0) is 21.1. The molecule has 1 heterocycles. The van der Waals surface area contributed by atoms with Crippen molar-refractivity contribution >= 4 is 41.0 Å². The summed E-state index contributed by atoms with van der Waals surface area (Å²) in [6.07, 6.45) is 0. The maximum Gasteiger partial charge on any atom is 0.339 e.